The Hall–Kier alpha value is 0.491. The molecule has 0 N–H and O–H groups in total. The van der Waals surface area contributed by atoms with Gasteiger partial charge in [0.15, 0.2) is 0 Å². The molecule has 0 bridgehead atoms. The van der Waals surface area contributed by atoms with E-state index < -0.39 is 26.2 Å². The summed E-state index contributed by atoms with van der Waals surface area (Å²) >= 11 is 0. The maximum atomic E-state index is 5.53. The molecule has 0 aromatic carbocycles. The van der Waals surface area contributed by atoms with E-state index in [2.05, 4.69) is 0 Å². The standard InChI is InChI=1S/C4H12O4Si3/c1-9(2)5-11(6-9)7-10(3,4)8-11/h1-4H3. The third-order valence-electron chi connectivity index (χ3n) is 1.48. The maximum Gasteiger partial charge on any atom is 0.643 e. The second-order valence-corrected chi connectivity index (χ2v) is 13.6. The molecule has 4 nitrogen and oxygen atoms in total. The molecule has 2 aliphatic heterocycles. The first-order chi connectivity index (χ1) is 4.83. The van der Waals surface area contributed by atoms with Crippen LogP contribution in [0.15, 0.2) is 0 Å². The molecule has 2 heterocycles. The Morgan fingerprint density at radius 1 is 0.636 bits per heavy atom. The van der Waals surface area contributed by atoms with E-state index in [1.165, 1.54) is 0 Å². The molecule has 7 heteroatoms. The molecule has 2 saturated heterocycles. The number of rotatable bonds is 0. The molecular formula is C4H12O4Si3. The van der Waals surface area contributed by atoms with Crippen LogP contribution < -0.4 is 0 Å². The van der Waals surface area contributed by atoms with Crippen LogP contribution in [0.25, 0.3) is 0 Å². The van der Waals surface area contributed by atoms with Crippen molar-refractivity contribution >= 4 is 26.2 Å². The van der Waals surface area contributed by atoms with Crippen LogP contribution in [0.3, 0.4) is 0 Å². The van der Waals surface area contributed by atoms with Crippen molar-refractivity contribution in [1.29, 1.82) is 0 Å². The highest BCUT2D eigenvalue weighted by molar-refractivity contribution is 6.98. The molecule has 0 saturated carbocycles. The largest absolute Gasteiger partial charge is 0.643 e. The van der Waals surface area contributed by atoms with Crippen molar-refractivity contribution in [2.45, 2.75) is 26.2 Å². The highest BCUT2D eigenvalue weighted by atomic mass is 28.6. The summed E-state index contributed by atoms with van der Waals surface area (Å²) in [6.07, 6.45) is 0. The Balaban J connectivity index is 1.93. The van der Waals surface area contributed by atoms with Gasteiger partial charge in [0.05, 0.1) is 0 Å². The minimum atomic E-state index is -2.44. The van der Waals surface area contributed by atoms with Gasteiger partial charge in [-0.25, -0.2) is 0 Å². The Morgan fingerprint density at radius 2 is 0.909 bits per heavy atom. The molecule has 11 heavy (non-hydrogen) atoms. The first kappa shape index (κ1) is 8.11. The fourth-order valence-electron chi connectivity index (χ4n) is 1.30. The molecule has 0 aromatic rings. The normalized spacial score (nSPS) is 36.0. The van der Waals surface area contributed by atoms with Gasteiger partial charge < -0.3 is 16.5 Å². The van der Waals surface area contributed by atoms with Gasteiger partial charge in [0, 0.05) is 0 Å². The smallest absolute Gasteiger partial charge is 0.372 e. The van der Waals surface area contributed by atoms with E-state index in [1.54, 1.807) is 0 Å². The average Bonchev–Trinajstić information content (AvgIpc) is 1.52. The second kappa shape index (κ2) is 1.87. The van der Waals surface area contributed by atoms with Crippen molar-refractivity contribution in [2.75, 3.05) is 0 Å². The van der Waals surface area contributed by atoms with Gasteiger partial charge in [0.1, 0.15) is 0 Å². The van der Waals surface area contributed by atoms with Crippen molar-refractivity contribution < 1.29 is 16.5 Å². The molecule has 2 aliphatic rings. The molecule has 0 atom stereocenters. The Kier molecular flexibility index (Phi) is 1.38. The lowest BCUT2D eigenvalue weighted by Gasteiger charge is -2.57. The van der Waals surface area contributed by atoms with Crippen LogP contribution in [0.1, 0.15) is 0 Å². The van der Waals surface area contributed by atoms with Crippen LogP contribution in [-0.4, -0.2) is 26.2 Å². The first-order valence-corrected chi connectivity index (χ1v) is 10.9. The molecule has 0 aromatic heterocycles. The van der Waals surface area contributed by atoms with Crippen LogP contribution in [0, 0.1) is 0 Å². The van der Waals surface area contributed by atoms with Crippen molar-refractivity contribution in [3.63, 3.8) is 0 Å². The Labute approximate surface area is 69.4 Å². The van der Waals surface area contributed by atoms with Gasteiger partial charge >= 0.3 is 26.2 Å². The third kappa shape index (κ3) is 1.26. The number of hydrogen-bond donors (Lipinski definition) is 0. The van der Waals surface area contributed by atoms with E-state index in [0.29, 0.717) is 0 Å². The molecule has 2 rings (SSSR count). The van der Waals surface area contributed by atoms with Gasteiger partial charge in [-0.15, -0.1) is 0 Å². The van der Waals surface area contributed by atoms with E-state index in [-0.39, 0.29) is 0 Å². The predicted octanol–water partition coefficient (Wildman–Crippen LogP) is 0.919. The molecule has 64 valence electrons. The van der Waals surface area contributed by atoms with Crippen molar-refractivity contribution in [3.8, 4) is 0 Å². The van der Waals surface area contributed by atoms with Crippen LogP contribution in [0.4, 0.5) is 0 Å². The lowest BCUT2D eigenvalue weighted by atomic mass is 11.9. The quantitative estimate of drug-likeness (QED) is 0.555. The van der Waals surface area contributed by atoms with Gasteiger partial charge in [0.2, 0.25) is 0 Å². The topological polar surface area (TPSA) is 36.9 Å². The van der Waals surface area contributed by atoms with Gasteiger partial charge in [-0.1, -0.05) is 0 Å². The highest BCUT2D eigenvalue weighted by Crippen LogP contribution is 2.42. The minimum absolute atomic E-state index is 1.78. The van der Waals surface area contributed by atoms with Gasteiger partial charge in [0.25, 0.3) is 0 Å². The van der Waals surface area contributed by atoms with E-state index >= 15 is 0 Å². The minimum Gasteiger partial charge on any atom is -0.372 e. The molecule has 0 unspecified atom stereocenters. The SMILES string of the molecule is C[Si]1(C)O[Si]2(O1)O[Si](C)(C)O2. The Bertz CT molecular complexity index is 162. The summed E-state index contributed by atoms with van der Waals surface area (Å²) in [4.78, 5) is 0. The predicted molar refractivity (Wildman–Crippen MR) is 45.1 cm³/mol. The monoisotopic (exact) mass is 208 g/mol. The van der Waals surface area contributed by atoms with Crippen LogP contribution >= 0.6 is 0 Å². The average molecular weight is 208 g/mol. The van der Waals surface area contributed by atoms with Gasteiger partial charge in [-0.3, -0.25) is 0 Å². The summed E-state index contributed by atoms with van der Waals surface area (Å²) in [6.45, 7) is 7.96. The molecule has 0 radical (unpaired) electrons. The summed E-state index contributed by atoms with van der Waals surface area (Å²) < 4.78 is 22.1. The lowest BCUT2D eigenvalue weighted by Crippen LogP contribution is -2.82. The Morgan fingerprint density at radius 3 is 1.09 bits per heavy atom. The lowest BCUT2D eigenvalue weighted by molar-refractivity contribution is -0.00473. The van der Waals surface area contributed by atoms with Gasteiger partial charge in [-0.2, -0.15) is 0 Å². The summed E-state index contributed by atoms with van der Waals surface area (Å²) in [6, 6.07) is 0. The summed E-state index contributed by atoms with van der Waals surface area (Å²) in [5.74, 6) is 0. The third-order valence-corrected chi connectivity index (χ3v) is 13.3. The summed E-state index contributed by atoms with van der Waals surface area (Å²) in [5.41, 5.74) is 0. The van der Waals surface area contributed by atoms with Crippen LogP contribution in [-0.2, 0) is 16.5 Å². The molecule has 1 spiro atoms. The van der Waals surface area contributed by atoms with E-state index in [1.807, 2.05) is 26.2 Å². The van der Waals surface area contributed by atoms with E-state index in [4.69, 9.17) is 16.5 Å². The van der Waals surface area contributed by atoms with Crippen LogP contribution in [0.5, 0.6) is 0 Å². The fraction of sp³-hybridized carbons (Fsp3) is 1.00. The molecule has 0 aliphatic carbocycles. The molecular weight excluding hydrogens is 196 g/mol. The van der Waals surface area contributed by atoms with Crippen molar-refractivity contribution in [2.24, 2.45) is 0 Å². The summed E-state index contributed by atoms with van der Waals surface area (Å²) in [5, 5.41) is 0. The molecule has 0 amide bonds. The maximum absolute atomic E-state index is 5.53. The van der Waals surface area contributed by atoms with E-state index in [0.717, 1.165) is 0 Å². The zero-order valence-corrected chi connectivity index (χ0v) is 10.1. The van der Waals surface area contributed by atoms with Crippen molar-refractivity contribution in [1.82, 2.24) is 0 Å². The zero-order valence-electron chi connectivity index (χ0n) is 7.13. The zero-order chi connectivity index (χ0) is 8.33. The summed E-state index contributed by atoms with van der Waals surface area (Å²) in [7, 11) is -6.01. The van der Waals surface area contributed by atoms with Crippen molar-refractivity contribution in [3.05, 3.63) is 0 Å². The first-order valence-electron chi connectivity index (χ1n) is 3.63. The van der Waals surface area contributed by atoms with E-state index in [9.17, 15) is 0 Å². The van der Waals surface area contributed by atoms with Crippen LogP contribution in [0.2, 0.25) is 26.2 Å². The highest BCUT2D eigenvalue weighted by Gasteiger charge is 2.74. The van der Waals surface area contributed by atoms with Gasteiger partial charge in [-0.05, 0) is 26.2 Å². The fourth-order valence-corrected chi connectivity index (χ4v) is 13.2. The second-order valence-electron chi connectivity index (χ2n) is 3.71. The molecule has 2 fully saturated rings. The number of hydrogen-bond acceptors (Lipinski definition) is 4.